The highest BCUT2D eigenvalue weighted by molar-refractivity contribution is 7.91. The Morgan fingerprint density at radius 3 is 2.61 bits per heavy atom. The van der Waals surface area contributed by atoms with Crippen molar-refractivity contribution in [3.8, 4) is 0 Å². The highest BCUT2D eigenvalue weighted by atomic mass is 32.2. The van der Waals surface area contributed by atoms with Gasteiger partial charge in [-0.1, -0.05) is 18.3 Å². The Morgan fingerprint density at radius 1 is 1.44 bits per heavy atom. The van der Waals surface area contributed by atoms with Gasteiger partial charge >= 0.3 is 5.69 Å². The molecule has 0 aromatic carbocycles. The number of nitrogens with zero attached hydrogens (tertiary/aromatic N) is 1. The Balaban J connectivity index is 3.11. The van der Waals surface area contributed by atoms with Crippen LogP contribution in [0.3, 0.4) is 0 Å². The summed E-state index contributed by atoms with van der Waals surface area (Å²) in [5.41, 5.74) is -0.210. The molecule has 102 valence electrons. The highest BCUT2D eigenvalue weighted by Crippen LogP contribution is 2.36. The van der Waals surface area contributed by atoms with Gasteiger partial charge < -0.3 is 5.32 Å². The highest BCUT2D eigenvalue weighted by Gasteiger charge is 2.25. The predicted octanol–water partition coefficient (Wildman–Crippen LogP) is 1.78. The first-order valence-corrected chi connectivity index (χ1v) is 7.74. The molecule has 0 bridgehead atoms. The summed E-state index contributed by atoms with van der Waals surface area (Å²) in [5, 5.41) is 13.9. The smallest absolute Gasteiger partial charge is 0.304 e. The van der Waals surface area contributed by atoms with Crippen molar-refractivity contribution in [3.63, 3.8) is 0 Å². The molecule has 0 unspecified atom stereocenters. The van der Waals surface area contributed by atoms with Crippen molar-refractivity contribution in [3.05, 3.63) is 16.2 Å². The molecule has 0 radical (unpaired) electrons. The van der Waals surface area contributed by atoms with Crippen LogP contribution in [0.2, 0.25) is 0 Å². The standard InChI is InChI=1S/C9H15N3O4S2/c1-3-5-11-18(15,16)8-6-7(12(13)14)9(17-8)10-4-2/h6,10-11H,3-5H2,1-2H3. The molecule has 18 heavy (non-hydrogen) atoms. The van der Waals surface area contributed by atoms with Crippen LogP contribution in [0.1, 0.15) is 20.3 Å². The molecule has 0 saturated heterocycles. The van der Waals surface area contributed by atoms with E-state index >= 15 is 0 Å². The van der Waals surface area contributed by atoms with E-state index in [0.717, 1.165) is 17.4 Å². The van der Waals surface area contributed by atoms with Gasteiger partial charge in [-0.2, -0.15) is 0 Å². The summed E-state index contributed by atoms with van der Waals surface area (Å²) in [6.45, 7) is 4.42. The molecule has 0 saturated carbocycles. The van der Waals surface area contributed by atoms with Crippen LogP contribution in [0.4, 0.5) is 10.7 Å². The molecule has 9 heteroatoms. The average molecular weight is 293 g/mol. The molecule has 1 aromatic heterocycles. The van der Waals surface area contributed by atoms with E-state index in [9.17, 15) is 18.5 Å². The van der Waals surface area contributed by atoms with Crippen molar-refractivity contribution in [2.45, 2.75) is 24.5 Å². The molecule has 0 spiro atoms. The zero-order chi connectivity index (χ0) is 13.8. The first-order chi connectivity index (χ1) is 8.42. The second kappa shape index (κ2) is 6.12. The van der Waals surface area contributed by atoms with Gasteiger partial charge in [0.2, 0.25) is 10.0 Å². The van der Waals surface area contributed by atoms with Crippen molar-refractivity contribution in [1.82, 2.24) is 4.72 Å². The number of nitro groups is 1. The fraction of sp³-hybridized carbons (Fsp3) is 0.556. The van der Waals surface area contributed by atoms with Gasteiger partial charge in [-0.05, 0) is 13.3 Å². The molecule has 1 aromatic rings. The van der Waals surface area contributed by atoms with Crippen molar-refractivity contribution in [2.75, 3.05) is 18.4 Å². The van der Waals surface area contributed by atoms with E-state index in [0.29, 0.717) is 19.5 Å². The third-order valence-corrected chi connectivity index (χ3v) is 5.05. The molecule has 0 amide bonds. The van der Waals surface area contributed by atoms with Crippen LogP contribution in [0.25, 0.3) is 0 Å². The molecule has 0 aliphatic heterocycles. The summed E-state index contributed by atoms with van der Waals surface area (Å²) < 4.78 is 26.0. The summed E-state index contributed by atoms with van der Waals surface area (Å²) in [6.07, 6.45) is 0.659. The lowest BCUT2D eigenvalue weighted by Crippen LogP contribution is -2.23. The Labute approximate surface area is 109 Å². The maximum absolute atomic E-state index is 11.8. The third kappa shape index (κ3) is 3.40. The SMILES string of the molecule is CCCNS(=O)(=O)c1cc([N+](=O)[O-])c(NCC)s1. The summed E-state index contributed by atoms with van der Waals surface area (Å²) in [5.74, 6) is 0. The van der Waals surface area contributed by atoms with Crippen molar-refractivity contribution in [2.24, 2.45) is 0 Å². The van der Waals surface area contributed by atoms with E-state index < -0.39 is 14.9 Å². The first-order valence-electron chi connectivity index (χ1n) is 5.44. The van der Waals surface area contributed by atoms with Crippen molar-refractivity contribution >= 4 is 32.0 Å². The van der Waals surface area contributed by atoms with Crippen molar-refractivity contribution < 1.29 is 13.3 Å². The van der Waals surface area contributed by atoms with E-state index in [2.05, 4.69) is 10.0 Å². The number of rotatable bonds is 7. The zero-order valence-electron chi connectivity index (χ0n) is 10.1. The summed E-state index contributed by atoms with van der Waals surface area (Å²) in [6, 6.07) is 1.08. The molecule has 1 rings (SSSR count). The second-order valence-corrected chi connectivity index (χ2v) is 6.51. The fourth-order valence-electron chi connectivity index (χ4n) is 1.22. The van der Waals surface area contributed by atoms with E-state index in [-0.39, 0.29) is 14.9 Å². The Morgan fingerprint density at radius 2 is 2.11 bits per heavy atom. The summed E-state index contributed by atoms with van der Waals surface area (Å²) in [7, 11) is -3.65. The minimum Gasteiger partial charge on any atom is -0.372 e. The maximum atomic E-state index is 11.8. The zero-order valence-corrected chi connectivity index (χ0v) is 11.7. The Bertz CT molecular complexity index is 524. The van der Waals surface area contributed by atoms with Crippen LogP contribution in [0.15, 0.2) is 10.3 Å². The topological polar surface area (TPSA) is 101 Å². The van der Waals surface area contributed by atoms with Crippen LogP contribution >= 0.6 is 11.3 Å². The molecule has 1 heterocycles. The van der Waals surface area contributed by atoms with Crippen LogP contribution in [0, 0.1) is 10.1 Å². The van der Waals surface area contributed by atoms with Gasteiger partial charge in [0, 0.05) is 19.2 Å². The number of anilines is 1. The van der Waals surface area contributed by atoms with Crippen LogP contribution in [-0.4, -0.2) is 26.4 Å². The summed E-state index contributed by atoms with van der Waals surface area (Å²) >= 11 is 0.867. The molecule has 7 nitrogen and oxygen atoms in total. The van der Waals surface area contributed by atoms with Crippen LogP contribution in [0.5, 0.6) is 0 Å². The van der Waals surface area contributed by atoms with Gasteiger partial charge in [-0.3, -0.25) is 10.1 Å². The predicted molar refractivity (Wildman–Crippen MR) is 70.6 cm³/mol. The number of nitrogens with one attached hydrogen (secondary N) is 2. The lowest BCUT2D eigenvalue weighted by atomic mass is 10.5. The molecular formula is C9H15N3O4S2. The normalized spacial score (nSPS) is 11.4. The summed E-state index contributed by atoms with van der Waals surface area (Å²) in [4.78, 5) is 10.2. The van der Waals surface area contributed by atoms with Crippen LogP contribution in [-0.2, 0) is 10.0 Å². The van der Waals surface area contributed by atoms with E-state index in [1.54, 1.807) is 6.92 Å². The molecule has 2 N–H and O–H groups in total. The fourth-order valence-corrected chi connectivity index (χ4v) is 3.80. The lowest BCUT2D eigenvalue weighted by Gasteiger charge is -2.01. The lowest BCUT2D eigenvalue weighted by molar-refractivity contribution is -0.383. The number of thiophene rings is 1. The first kappa shape index (κ1) is 14.9. The monoisotopic (exact) mass is 293 g/mol. The molecule has 0 aliphatic carbocycles. The Kier molecular flexibility index (Phi) is 5.05. The number of sulfonamides is 1. The average Bonchev–Trinajstić information content (AvgIpc) is 2.72. The van der Waals surface area contributed by atoms with Gasteiger partial charge in [-0.15, -0.1) is 0 Å². The largest absolute Gasteiger partial charge is 0.372 e. The Hall–Kier alpha value is -1.19. The second-order valence-electron chi connectivity index (χ2n) is 3.47. The van der Waals surface area contributed by atoms with Gasteiger partial charge in [0.25, 0.3) is 0 Å². The number of hydrogen-bond acceptors (Lipinski definition) is 6. The van der Waals surface area contributed by atoms with E-state index in [4.69, 9.17) is 0 Å². The maximum Gasteiger partial charge on any atom is 0.304 e. The minimum atomic E-state index is -3.65. The minimum absolute atomic E-state index is 0.0430. The van der Waals surface area contributed by atoms with E-state index in [1.165, 1.54) is 0 Å². The molecule has 0 aliphatic rings. The molecular weight excluding hydrogens is 278 g/mol. The number of hydrogen-bond donors (Lipinski definition) is 2. The van der Waals surface area contributed by atoms with Crippen LogP contribution < -0.4 is 10.0 Å². The van der Waals surface area contributed by atoms with Gasteiger partial charge in [0.1, 0.15) is 4.21 Å². The van der Waals surface area contributed by atoms with Gasteiger partial charge in [-0.25, -0.2) is 13.1 Å². The third-order valence-electron chi connectivity index (χ3n) is 2.03. The van der Waals surface area contributed by atoms with Crippen molar-refractivity contribution in [1.29, 1.82) is 0 Å². The molecule has 0 fully saturated rings. The van der Waals surface area contributed by atoms with Gasteiger partial charge in [0.15, 0.2) is 5.00 Å². The molecule has 0 atom stereocenters. The van der Waals surface area contributed by atoms with E-state index in [1.807, 2.05) is 6.92 Å². The quantitative estimate of drug-likeness (QED) is 0.589. The van der Waals surface area contributed by atoms with Gasteiger partial charge in [0.05, 0.1) is 4.92 Å².